The molecular weight excluding hydrogens is 1340 g/mol. The number of hydrogen-bond donors (Lipinski definition) is 10. The monoisotopic (exact) mass is 1450 g/mol. The first-order valence-electron chi connectivity index (χ1n) is 35.5. The molecule has 4 fully saturated rings. The summed E-state index contributed by atoms with van der Waals surface area (Å²) in [5.74, 6) is 6.26. The lowest BCUT2D eigenvalue weighted by Gasteiger charge is -2.51. The van der Waals surface area contributed by atoms with Crippen LogP contribution in [-0.2, 0) is 25.8 Å². The number of para-hydroxylation sites is 1. The van der Waals surface area contributed by atoms with E-state index in [1.54, 1.807) is 42.5 Å². The van der Waals surface area contributed by atoms with Gasteiger partial charge in [-0.3, -0.25) is 4.98 Å². The molecule has 8 heterocycles. The molecule has 0 radical (unpaired) electrons. The number of nitrogens with zero attached hydrogens (tertiary/aromatic N) is 17. The number of benzene rings is 1. The van der Waals surface area contributed by atoms with Gasteiger partial charge in [0.05, 0.1) is 48.8 Å². The number of pyridine rings is 1. The molecule has 4 saturated carbocycles. The third-order valence-electron chi connectivity index (χ3n) is 21.3. The van der Waals surface area contributed by atoms with Crippen molar-refractivity contribution in [1.82, 2.24) is 64.5 Å². The van der Waals surface area contributed by atoms with Crippen LogP contribution in [-0.4, -0.2) is 137 Å². The molecular formula is C76H107N25O3S. The Morgan fingerprint density at radius 1 is 0.571 bits per heavy atom. The van der Waals surface area contributed by atoms with Crippen LogP contribution in [0.4, 0.5) is 47.1 Å². The van der Waals surface area contributed by atoms with Crippen molar-refractivity contribution in [2.45, 2.75) is 184 Å². The Morgan fingerprint density at radius 3 is 1.54 bits per heavy atom. The van der Waals surface area contributed by atoms with Crippen molar-refractivity contribution in [3.05, 3.63) is 142 Å². The zero-order valence-electron chi connectivity index (χ0n) is 60.9. The van der Waals surface area contributed by atoms with Gasteiger partial charge in [-0.2, -0.15) is 46.0 Å². The van der Waals surface area contributed by atoms with Gasteiger partial charge in [0.25, 0.3) is 0 Å². The topological polar surface area (TPSA) is 405 Å². The summed E-state index contributed by atoms with van der Waals surface area (Å²) in [6.45, 7) is 25.3. The lowest BCUT2D eigenvalue weighted by Crippen LogP contribution is -2.57. The molecule has 8 aromatic heterocycles. The van der Waals surface area contributed by atoms with E-state index < -0.39 is 0 Å². The van der Waals surface area contributed by atoms with Crippen LogP contribution in [0.3, 0.4) is 0 Å². The standard InChI is InChI=1S/C22H24N6O.C18H25N7O.C18H23N5S.C17H23N7O.CH4.4H2/c1-22(2)17(11-18(22)29)27-20-16(12-23)13-26-21(28-20)25-10-8-15-6-3-5-14-7-4-9-24-19(14)15;1-12-4-5-14(8-18(12,2)3)23-16-13(9-19)10-21-17(24-16)20-7-6-15-22-11-26-25-15;1-12-9-15(18(12,2)3)22-16-13(10-19)11-21-17(23-16)20-7-6-14-5-4-8-24-14;1-17(2)13(8-14(17)25)22-15-12(9-18)10-21-16(23-15)20-4-3-6-24-7-5-19-11-24;;;;;/h3-7,9,13,17-18,29H,8,10-11H2,1-2H3,(H2,25,26,27,28);10-12,14H,4-8H2,1-3H3,(H2,20,21,23,24);4-5,8,11-12,15H,6-7,9H2,1-3H3,(H2,20,21,22,23);5,7,10-11,13-14,25H,3-4,6,8H2,1-2H3,(H2,20,21,22,23);1H4;4*1H/t17?,18-;12-,14+;12-,15+;13-,14+;;;;;/m0001...../s1. The molecule has 13 rings (SSSR count). The second kappa shape index (κ2) is 35.6. The van der Waals surface area contributed by atoms with Crippen LogP contribution in [0.2, 0.25) is 0 Å². The van der Waals surface area contributed by atoms with Crippen LogP contribution in [0.1, 0.15) is 166 Å². The molecule has 1 aromatic carbocycles. The smallest absolute Gasteiger partial charge is 0.224 e. The molecule has 28 nitrogen and oxygen atoms in total. The minimum atomic E-state index is -0.348. The number of aliphatic hydroxyl groups is 2. The summed E-state index contributed by atoms with van der Waals surface area (Å²) >= 11 is 1.75. The predicted octanol–water partition coefficient (Wildman–Crippen LogP) is 13.3. The number of aliphatic hydroxyl groups excluding tert-OH is 2. The van der Waals surface area contributed by atoms with Gasteiger partial charge in [0.15, 0.2) is 5.82 Å². The first-order chi connectivity index (χ1) is 50.0. The molecule has 4 aliphatic rings. The number of imidazole rings is 1. The average Bonchev–Trinajstić information content (AvgIpc) is 1.17. The summed E-state index contributed by atoms with van der Waals surface area (Å²) in [6.07, 6.45) is 23.0. The van der Waals surface area contributed by atoms with Crippen molar-refractivity contribution < 1.29 is 20.4 Å². The highest BCUT2D eigenvalue weighted by Crippen LogP contribution is 2.48. The second-order valence-corrected chi connectivity index (χ2v) is 30.5. The van der Waals surface area contributed by atoms with Crippen molar-refractivity contribution in [3.8, 4) is 24.3 Å². The summed E-state index contributed by atoms with van der Waals surface area (Å²) in [7, 11) is 0. The zero-order valence-corrected chi connectivity index (χ0v) is 61.7. The van der Waals surface area contributed by atoms with E-state index in [0.717, 1.165) is 74.6 Å². The van der Waals surface area contributed by atoms with Crippen molar-refractivity contribution in [2.24, 2.45) is 33.5 Å². The molecule has 29 heteroatoms. The number of thiophene rings is 1. The molecule has 0 bridgehead atoms. The SMILES string of the molecule is C.CC1(C)C(Nc2nc(NCCc3cccc4cccnc34)ncc2C#N)C[C@@H]1O.CC1(C)[C@@H](O)C[C@H]1Nc1nc(NCCCn2ccnc2)ncc1C#N.C[C@H]1CC[C@@H](Nc2nc(NCCc3ncon3)ncc2C#N)CC1(C)C.C[C@H]1C[C@@H](Nc2nc(NCCc3cccs3)ncc2C#N)C1(C)C.[HH].[HH].[HH].[HH]. The summed E-state index contributed by atoms with van der Waals surface area (Å²) in [5, 5.41) is 90.4. The number of rotatable bonds is 25. The van der Waals surface area contributed by atoms with Gasteiger partial charge in [0.1, 0.15) is 69.8 Å². The summed E-state index contributed by atoms with van der Waals surface area (Å²) < 4.78 is 6.72. The Bertz CT molecular complexity index is 4460. The molecule has 0 aliphatic heterocycles. The van der Waals surface area contributed by atoms with Gasteiger partial charge in [0.2, 0.25) is 30.2 Å². The highest BCUT2D eigenvalue weighted by Gasteiger charge is 2.49. The van der Waals surface area contributed by atoms with Crippen LogP contribution in [0.25, 0.3) is 10.9 Å². The van der Waals surface area contributed by atoms with Crippen molar-refractivity contribution in [2.75, 3.05) is 68.7 Å². The number of nitriles is 4. The third kappa shape index (κ3) is 20.2. The molecule has 560 valence electrons. The van der Waals surface area contributed by atoms with Gasteiger partial charge >= 0.3 is 0 Å². The predicted molar refractivity (Wildman–Crippen MR) is 417 cm³/mol. The van der Waals surface area contributed by atoms with E-state index in [9.17, 15) is 31.3 Å². The van der Waals surface area contributed by atoms with Gasteiger partial charge in [-0.25, -0.2) is 24.9 Å². The molecule has 4 aliphatic carbocycles. The van der Waals surface area contributed by atoms with E-state index in [-0.39, 0.29) is 59.1 Å². The van der Waals surface area contributed by atoms with Crippen molar-refractivity contribution in [3.63, 3.8) is 0 Å². The highest BCUT2D eigenvalue weighted by molar-refractivity contribution is 7.09. The molecule has 9 aromatic rings. The van der Waals surface area contributed by atoms with Crippen molar-refractivity contribution in [1.29, 1.82) is 21.0 Å². The number of aryl methyl sites for hydroxylation is 1. The Hall–Kier alpha value is -10.7. The van der Waals surface area contributed by atoms with Crippen LogP contribution in [0.5, 0.6) is 0 Å². The number of anilines is 8. The quantitative estimate of drug-likeness (QED) is 0.0238. The number of hydrogen-bond acceptors (Lipinski definition) is 28. The van der Waals surface area contributed by atoms with E-state index in [2.05, 4.69) is 204 Å². The summed E-state index contributed by atoms with van der Waals surface area (Å²) in [5.41, 5.74) is 3.92. The average molecular weight is 1450 g/mol. The molecule has 105 heavy (non-hydrogen) atoms. The van der Waals surface area contributed by atoms with Crippen LogP contribution >= 0.6 is 11.3 Å². The normalized spacial score (nSPS) is 20.9. The van der Waals surface area contributed by atoms with Gasteiger partial charge in [0, 0.05) is 109 Å². The van der Waals surface area contributed by atoms with Gasteiger partial charge in [-0.1, -0.05) is 112 Å². The lowest BCUT2D eigenvalue weighted by atomic mass is 9.59. The molecule has 10 N–H and O–H groups in total. The maximum atomic E-state index is 9.95. The number of fused-ring (bicyclic) bond motifs is 1. The molecule has 0 spiro atoms. The minimum absolute atomic E-state index is 0. The maximum absolute atomic E-state index is 9.95. The largest absolute Gasteiger partial charge is 0.392 e. The van der Waals surface area contributed by atoms with Crippen LogP contribution in [0.15, 0.2) is 108 Å². The highest BCUT2D eigenvalue weighted by atomic mass is 32.1. The number of aromatic nitrogens is 13. The Labute approximate surface area is 625 Å². The minimum Gasteiger partial charge on any atom is -0.392 e. The lowest BCUT2D eigenvalue weighted by molar-refractivity contribution is -0.0512. The molecule has 0 saturated heterocycles. The summed E-state index contributed by atoms with van der Waals surface area (Å²) in [4.78, 5) is 48.7. The van der Waals surface area contributed by atoms with Crippen LogP contribution < -0.4 is 42.5 Å². The van der Waals surface area contributed by atoms with Crippen LogP contribution in [0, 0.1) is 78.8 Å². The molecule has 8 atom stereocenters. The summed E-state index contributed by atoms with van der Waals surface area (Å²) in [6, 6.07) is 23.7. The Kier molecular flexibility index (Phi) is 26.6. The van der Waals surface area contributed by atoms with E-state index in [0.29, 0.717) is 131 Å². The first kappa shape index (κ1) is 78.4. The van der Waals surface area contributed by atoms with Gasteiger partial charge < -0.3 is 61.8 Å². The Morgan fingerprint density at radius 2 is 1.09 bits per heavy atom. The van der Waals surface area contributed by atoms with E-state index in [1.165, 1.54) is 30.1 Å². The van der Waals surface area contributed by atoms with E-state index in [4.69, 9.17) is 4.52 Å². The second-order valence-electron chi connectivity index (χ2n) is 29.5. The molecule has 0 amide bonds. The van der Waals surface area contributed by atoms with Crippen molar-refractivity contribution >= 4 is 69.3 Å². The third-order valence-corrected chi connectivity index (χ3v) is 22.2. The van der Waals surface area contributed by atoms with E-state index in [1.807, 2.05) is 50.6 Å². The van der Waals surface area contributed by atoms with Gasteiger partial charge in [-0.15, -0.1) is 11.3 Å². The molecule has 1 unspecified atom stereocenters. The first-order valence-corrected chi connectivity index (χ1v) is 36.4. The maximum Gasteiger partial charge on any atom is 0.224 e. The van der Waals surface area contributed by atoms with E-state index >= 15 is 0 Å². The number of nitrogens with one attached hydrogen (secondary N) is 8. The fourth-order valence-electron chi connectivity index (χ4n) is 12.8. The zero-order chi connectivity index (χ0) is 74.0. The fourth-order valence-corrected chi connectivity index (χ4v) is 13.5. The fraction of sp³-hybridized carbons (Fsp3) is 0.500. The van der Waals surface area contributed by atoms with Gasteiger partial charge in [-0.05, 0) is 104 Å². The Balaban J connectivity index is 0.000000257.